The first kappa shape index (κ1) is 30.5. The summed E-state index contributed by atoms with van der Waals surface area (Å²) >= 11 is 0. The van der Waals surface area contributed by atoms with Gasteiger partial charge in [-0.15, -0.1) is 0 Å². The Morgan fingerprint density at radius 1 is 1.05 bits per heavy atom. The Morgan fingerprint density at radius 2 is 1.70 bits per heavy atom. The van der Waals surface area contributed by atoms with Gasteiger partial charge < -0.3 is 26.2 Å². The molecule has 2 amide bonds. The van der Waals surface area contributed by atoms with Gasteiger partial charge in [0.15, 0.2) is 5.82 Å². The first-order chi connectivity index (χ1) is 20.2. The first-order valence-corrected chi connectivity index (χ1v) is 15.1. The van der Waals surface area contributed by atoms with Crippen molar-refractivity contribution in [2.24, 2.45) is 5.73 Å². The number of amides is 2. The zero-order chi connectivity index (χ0) is 31.3. The van der Waals surface area contributed by atoms with Gasteiger partial charge in [0.1, 0.15) is 11.6 Å². The van der Waals surface area contributed by atoms with Crippen molar-refractivity contribution in [1.82, 2.24) is 19.4 Å². The average molecular weight is 617 g/mol. The van der Waals surface area contributed by atoms with E-state index in [1.165, 1.54) is 6.92 Å². The van der Waals surface area contributed by atoms with Gasteiger partial charge in [-0.2, -0.15) is 9.40 Å². The van der Waals surface area contributed by atoms with Gasteiger partial charge in [0, 0.05) is 50.0 Å². The second-order valence-corrected chi connectivity index (χ2v) is 13.2. The van der Waals surface area contributed by atoms with E-state index in [-0.39, 0.29) is 23.6 Å². The molecule has 5 N–H and O–H groups in total. The number of piperazine rings is 1. The summed E-state index contributed by atoms with van der Waals surface area (Å²) < 4.78 is 55.8. The van der Waals surface area contributed by atoms with Crippen molar-refractivity contribution >= 4 is 39.0 Å². The van der Waals surface area contributed by atoms with Crippen LogP contribution in [0.4, 0.5) is 26.0 Å². The molecule has 3 heterocycles. The fraction of sp³-hybridized carbons (Fsp3) is 0.393. The van der Waals surface area contributed by atoms with Crippen LogP contribution in [0, 0.1) is 11.6 Å². The van der Waals surface area contributed by atoms with Crippen molar-refractivity contribution < 1.29 is 26.8 Å². The summed E-state index contributed by atoms with van der Waals surface area (Å²) in [5.41, 5.74) is 6.65. The van der Waals surface area contributed by atoms with Crippen LogP contribution in [-0.4, -0.2) is 78.9 Å². The highest BCUT2D eigenvalue weighted by atomic mass is 32.2. The maximum absolute atomic E-state index is 13.9. The molecule has 5 rings (SSSR count). The predicted octanol–water partition coefficient (Wildman–Crippen LogP) is 2.42. The molecule has 2 aliphatic heterocycles. The largest absolute Gasteiger partial charge is 0.369 e. The van der Waals surface area contributed by atoms with E-state index in [0.717, 1.165) is 48.3 Å². The number of H-pyrrole nitrogens is 1. The molecule has 43 heavy (non-hydrogen) atoms. The Balaban J connectivity index is 1.43. The van der Waals surface area contributed by atoms with Gasteiger partial charge in [0.2, 0.25) is 15.9 Å². The molecule has 1 saturated heterocycles. The molecule has 0 saturated carbocycles. The standard InChI is InChI=1S/C28H34F2N8O4S/c1-16(31)26(39)32-23-14-19(37-9-7-36(4)8-10-37)5-6-21(23)27(40)33-25-22-15-38(28(2,3)24(22)34-35-25)43(41,42)20-12-17(29)11-18(30)13-20/h5-6,11-14,16H,7-10,15,31H2,1-4H3,(H,32,39)(H2,33,34,35,40). The number of aromatic nitrogens is 2. The van der Waals surface area contributed by atoms with Gasteiger partial charge in [0.05, 0.1) is 33.4 Å². The zero-order valence-corrected chi connectivity index (χ0v) is 25.1. The van der Waals surface area contributed by atoms with Gasteiger partial charge in [-0.25, -0.2) is 17.2 Å². The molecule has 1 aromatic heterocycles. The van der Waals surface area contributed by atoms with Crippen LogP contribution in [0.3, 0.4) is 0 Å². The molecule has 0 bridgehead atoms. The third-order valence-corrected chi connectivity index (χ3v) is 9.85. The topological polar surface area (TPSA) is 157 Å². The highest BCUT2D eigenvalue weighted by molar-refractivity contribution is 7.89. The summed E-state index contributed by atoms with van der Waals surface area (Å²) in [5, 5.41) is 12.5. The second kappa shape index (κ2) is 11.3. The first-order valence-electron chi connectivity index (χ1n) is 13.7. The van der Waals surface area contributed by atoms with Gasteiger partial charge in [-0.1, -0.05) is 0 Å². The normalized spacial score (nSPS) is 17.9. The lowest BCUT2D eigenvalue weighted by atomic mass is 10.0. The molecular formula is C28H34F2N8O4S. The number of halogens is 2. The molecular weight excluding hydrogens is 582 g/mol. The number of nitrogens with two attached hydrogens (primary N) is 1. The minimum absolute atomic E-state index is 0.0869. The van der Waals surface area contributed by atoms with Gasteiger partial charge in [-0.3, -0.25) is 14.7 Å². The summed E-state index contributed by atoms with van der Waals surface area (Å²) in [7, 11) is -2.30. The van der Waals surface area contributed by atoms with Crippen LogP contribution in [0.1, 0.15) is 42.4 Å². The molecule has 1 fully saturated rings. The van der Waals surface area contributed by atoms with E-state index in [0.29, 0.717) is 17.3 Å². The van der Waals surface area contributed by atoms with Crippen LogP contribution in [0.2, 0.25) is 0 Å². The minimum atomic E-state index is -4.35. The maximum atomic E-state index is 13.9. The quantitative estimate of drug-likeness (QED) is 0.315. The number of sulfonamides is 1. The van der Waals surface area contributed by atoms with E-state index in [2.05, 4.69) is 30.6 Å². The number of hydrogen-bond acceptors (Lipinski definition) is 8. The molecule has 0 aliphatic carbocycles. The van der Waals surface area contributed by atoms with Gasteiger partial charge in [-0.05, 0) is 58.2 Å². The highest BCUT2D eigenvalue weighted by Crippen LogP contribution is 2.44. The van der Waals surface area contributed by atoms with E-state index in [9.17, 15) is 26.8 Å². The lowest BCUT2D eigenvalue weighted by Gasteiger charge is -2.34. The van der Waals surface area contributed by atoms with Crippen LogP contribution in [0.15, 0.2) is 41.3 Å². The number of nitrogens with zero attached hydrogens (tertiary/aromatic N) is 4. The van der Waals surface area contributed by atoms with Crippen molar-refractivity contribution in [2.75, 3.05) is 48.8 Å². The van der Waals surface area contributed by atoms with E-state index in [1.54, 1.807) is 32.0 Å². The number of rotatable bonds is 7. The number of anilines is 3. The van der Waals surface area contributed by atoms with E-state index >= 15 is 0 Å². The molecule has 12 nitrogen and oxygen atoms in total. The summed E-state index contributed by atoms with van der Waals surface area (Å²) in [6, 6.07) is 6.41. The van der Waals surface area contributed by atoms with E-state index < -0.39 is 49.9 Å². The number of nitrogens with one attached hydrogen (secondary N) is 3. The molecule has 1 atom stereocenters. The van der Waals surface area contributed by atoms with Crippen LogP contribution in [-0.2, 0) is 26.9 Å². The fourth-order valence-electron chi connectivity index (χ4n) is 5.30. The monoisotopic (exact) mass is 616 g/mol. The molecule has 2 aliphatic rings. The molecule has 230 valence electrons. The molecule has 0 radical (unpaired) electrons. The molecule has 1 unspecified atom stereocenters. The molecule has 15 heteroatoms. The Hall–Kier alpha value is -3.92. The predicted molar refractivity (Wildman–Crippen MR) is 157 cm³/mol. The third-order valence-electron chi connectivity index (χ3n) is 7.85. The lowest BCUT2D eigenvalue weighted by molar-refractivity contribution is -0.117. The smallest absolute Gasteiger partial charge is 0.258 e. The van der Waals surface area contributed by atoms with Crippen molar-refractivity contribution in [3.63, 3.8) is 0 Å². The highest BCUT2D eigenvalue weighted by Gasteiger charge is 2.48. The van der Waals surface area contributed by atoms with Crippen molar-refractivity contribution in [3.8, 4) is 0 Å². The summed E-state index contributed by atoms with van der Waals surface area (Å²) in [4.78, 5) is 29.9. The van der Waals surface area contributed by atoms with Crippen LogP contribution in [0.5, 0.6) is 0 Å². The maximum Gasteiger partial charge on any atom is 0.258 e. The van der Waals surface area contributed by atoms with Crippen LogP contribution in [0.25, 0.3) is 0 Å². The van der Waals surface area contributed by atoms with Gasteiger partial charge in [0.25, 0.3) is 5.91 Å². The van der Waals surface area contributed by atoms with E-state index in [4.69, 9.17) is 5.73 Å². The molecule has 2 aromatic carbocycles. The van der Waals surface area contributed by atoms with Crippen molar-refractivity contribution in [1.29, 1.82) is 0 Å². The van der Waals surface area contributed by atoms with Crippen molar-refractivity contribution in [3.05, 3.63) is 64.9 Å². The minimum Gasteiger partial charge on any atom is -0.369 e. The second-order valence-electron chi connectivity index (χ2n) is 11.4. The lowest BCUT2D eigenvalue weighted by Crippen LogP contribution is -2.44. The number of hydrogen-bond donors (Lipinski definition) is 4. The number of benzene rings is 2. The summed E-state index contributed by atoms with van der Waals surface area (Å²) in [6.07, 6.45) is 0. The molecule has 3 aromatic rings. The SMILES string of the molecule is CC(N)C(=O)Nc1cc(N2CCN(C)CC2)ccc1C(=O)Nc1n[nH]c2c1CN(S(=O)(=O)c1cc(F)cc(F)c1)C2(C)C. The van der Waals surface area contributed by atoms with Crippen molar-refractivity contribution in [2.45, 2.75) is 43.8 Å². The fourth-order valence-corrected chi connectivity index (χ4v) is 7.07. The number of carbonyl (C=O) groups excluding carboxylic acids is 2. The average Bonchev–Trinajstić information content (AvgIpc) is 3.46. The van der Waals surface area contributed by atoms with Crippen LogP contribution < -0.4 is 21.3 Å². The zero-order valence-electron chi connectivity index (χ0n) is 24.2. The van der Waals surface area contributed by atoms with E-state index in [1.807, 2.05) is 7.05 Å². The van der Waals surface area contributed by atoms with Crippen LogP contribution >= 0.6 is 0 Å². The Labute approximate surface area is 248 Å². The Bertz CT molecular complexity index is 1660. The number of fused-ring (bicyclic) bond motifs is 1. The summed E-state index contributed by atoms with van der Waals surface area (Å²) in [5.74, 6) is -3.01. The number of aromatic amines is 1. The third kappa shape index (κ3) is 5.85. The number of carbonyl (C=O) groups is 2. The Morgan fingerprint density at radius 3 is 2.33 bits per heavy atom. The number of likely N-dealkylation sites (N-methyl/N-ethyl adjacent to an activating group) is 1. The molecule has 0 spiro atoms. The van der Waals surface area contributed by atoms with Gasteiger partial charge >= 0.3 is 0 Å². The Kier molecular flexibility index (Phi) is 8.02. The summed E-state index contributed by atoms with van der Waals surface area (Å²) in [6.45, 7) is 7.84.